The van der Waals surface area contributed by atoms with Gasteiger partial charge in [-0.05, 0) is 43.7 Å². The van der Waals surface area contributed by atoms with E-state index in [0.29, 0.717) is 19.8 Å². The number of aromatic nitrogens is 1. The predicted molar refractivity (Wildman–Crippen MR) is 83.9 cm³/mol. The molecule has 0 fully saturated rings. The molecule has 0 saturated carbocycles. The fraction of sp³-hybridized carbons (Fsp3) is 0.353. The number of nitrogens with zero attached hydrogens (tertiary/aromatic N) is 1. The average Bonchev–Trinajstić information content (AvgIpc) is 2.47. The smallest absolute Gasteiger partial charge is 0.250 e. The van der Waals surface area contributed by atoms with Gasteiger partial charge in [-0.15, -0.1) is 0 Å². The first-order valence-electron chi connectivity index (χ1n) is 7.10. The Morgan fingerprint density at radius 2 is 1.95 bits per heavy atom. The number of aryl methyl sites for hydroxylation is 1. The summed E-state index contributed by atoms with van der Waals surface area (Å²) in [7, 11) is 1.65. The molecule has 1 aromatic heterocycles. The van der Waals surface area contributed by atoms with Crippen molar-refractivity contribution in [3.05, 3.63) is 52.3 Å². The molecule has 0 aliphatic heterocycles. The van der Waals surface area contributed by atoms with Crippen molar-refractivity contribution < 1.29 is 9.47 Å². The van der Waals surface area contributed by atoms with Crippen LogP contribution in [0.1, 0.15) is 12.5 Å². The van der Waals surface area contributed by atoms with Gasteiger partial charge in [0.2, 0.25) is 0 Å². The Hall–Kier alpha value is -2.07. The summed E-state index contributed by atoms with van der Waals surface area (Å²) >= 11 is 0. The molecule has 0 atom stereocenters. The summed E-state index contributed by atoms with van der Waals surface area (Å²) in [4.78, 5) is 11.9. The van der Waals surface area contributed by atoms with Gasteiger partial charge in [-0.25, -0.2) is 0 Å². The highest BCUT2D eigenvalue weighted by Gasteiger charge is 2.08. The fourth-order valence-corrected chi connectivity index (χ4v) is 2.34. The predicted octanol–water partition coefficient (Wildman–Crippen LogP) is 2.87. The van der Waals surface area contributed by atoms with E-state index in [0.717, 1.165) is 22.6 Å². The van der Waals surface area contributed by atoms with Crippen LogP contribution < -0.4 is 10.3 Å². The zero-order chi connectivity index (χ0) is 15.2. The van der Waals surface area contributed by atoms with Crippen LogP contribution in [0.2, 0.25) is 0 Å². The average molecular weight is 287 g/mol. The zero-order valence-electron chi connectivity index (χ0n) is 12.8. The molecular weight excluding hydrogens is 266 g/mol. The molecule has 1 heterocycles. The van der Waals surface area contributed by atoms with Crippen molar-refractivity contribution >= 4 is 0 Å². The standard InChI is InChI=1S/C17H21NO3/c1-4-18-16(6-5-7-17(18)19)15-9-8-14(12-13(15)2)21-11-10-20-3/h5-9,12H,4,10-11H2,1-3H3. The van der Waals surface area contributed by atoms with Gasteiger partial charge >= 0.3 is 0 Å². The minimum atomic E-state index is 0.0230. The van der Waals surface area contributed by atoms with Crippen LogP contribution in [0, 0.1) is 6.92 Å². The van der Waals surface area contributed by atoms with Gasteiger partial charge < -0.3 is 14.0 Å². The maximum atomic E-state index is 11.9. The van der Waals surface area contributed by atoms with Crippen LogP contribution >= 0.6 is 0 Å². The first kappa shape index (κ1) is 15.3. The molecule has 2 aromatic rings. The van der Waals surface area contributed by atoms with E-state index in [9.17, 15) is 4.79 Å². The molecule has 0 N–H and O–H groups in total. The molecule has 0 aliphatic carbocycles. The highest BCUT2D eigenvalue weighted by Crippen LogP contribution is 2.26. The second-order valence-electron chi connectivity index (χ2n) is 4.81. The highest BCUT2D eigenvalue weighted by molar-refractivity contribution is 5.65. The van der Waals surface area contributed by atoms with E-state index < -0.39 is 0 Å². The maximum absolute atomic E-state index is 11.9. The van der Waals surface area contributed by atoms with E-state index in [1.165, 1.54) is 0 Å². The summed E-state index contributed by atoms with van der Waals surface area (Å²) < 4.78 is 12.3. The lowest BCUT2D eigenvalue weighted by Crippen LogP contribution is -2.19. The van der Waals surface area contributed by atoms with Gasteiger partial charge in [-0.2, -0.15) is 0 Å². The van der Waals surface area contributed by atoms with Gasteiger partial charge in [-0.1, -0.05) is 6.07 Å². The molecule has 0 aliphatic rings. The topological polar surface area (TPSA) is 40.5 Å². The van der Waals surface area contributed by atoms with Gasteiger partial charge in [0.25, 0.3) is 5.56 Å². The Morgan fingerprint density at radius 1 is 1.14 bits per heavy atom. The molecule has 0 bridgehead atoms. The molecule has 0 spiro atoms. The molecular formula is C17H21NO3. The molecule has 4 heteroatoms. The number of pyridine rings is 1. The Labute approximate surface area is 124 Å². The van der Waals surface area contributed by atoms with E-state index in [1.807, 2.05) is 38.1 Å². The van der Waals surface area contributed by atoms with E-state index in [2.05, 4.69) is 0 Å². The highest BCUT2D eigenvalue weighted by atomic mass is 16.5. The third-order valence-corrected chi connectivity index (χ3v) is 3.40. The van der Waals surface area contributed by atoms with Gasteiger partial charge in [0.15, 0.2) is 0 Å². The van der Waals surface area contributed by atoms with Crippen LogP contribution in [0.3, 0.4) is 0 Å². The first-order chi connectivity index (χ1) is 10.2. The number of hydrogen-bond donors (Lipinski definition) is 0. The summed E-state index contributed by atoms with van der Waals surface area (Å²) in [5.74, 6) is 0.814. The summed E-state index contributed by atoms with van der Waals surface area (Å²) in [6.07, 6.45) is 0. The number of hydrogen-bond acceptors (Lipinski definition) is 3. The molecule has 112 valence electrons. The number of ether oxygens (including phenoxy) is 2. The SMILES string of the molecule is CCn1c(-c2ccc(OCCOC)cc2C)cccc1=O. The molecule has 0 amide bonds. The van der Waals surface area contributed by atoms with Crippen LogP contribution in [-0.2, 0) is 11.3 Å². The van der Waals surface area contributed by atoms with Gasteiger partial charge in [0.1, 0.15) is 12.4 Å². The number of methoxy groups -OCH3 is 1. The van der Waals surface area contributed by atoms with Crippen molar-refractivity contribution in [2.24, 2.45) is 0 Å². The molecule has 0 saturated heterocycles. The maximum Gasteiger partial charge on any atom is 0.250 e. The van der Waals surface area contributed by atoms with Gasteiger partial charge in [0.05, 0.1) is 12.3 Å². The first-order valence-corrected chi connectivity index (χ1v) is 7.10. The molecule has 0 unspecified atom stereocenters. The van der Waals surface area contributed by atoms with Crippen molar-refractivity contribution in [3.63, 3.8) is 0 Å². The fourth-order valence-electron chi connectivity index (χ4n) is 2.34. The number of benzene rings is 1. The minimum absolute atomic E-state index is 0.0230. The second-order valence-corrected chi connectivity index (χ2v) is 4.81. The van der Waals surface area contributed by atoms with Crippen molar-refractivity contribution in [1.82, 2.24) is 4.57 Å². The lowest BCUT2D eigenvalue weighted by atomic mass is 10.0. The van der Waals surface area contributed by atoms with E-state index in [4.69, 9.17) is 9.47 Å². The van der Waals surface area contributed by atoms with Crippen molar-refractivity contribution in [2.75, 3.05) is 20.3 Å². The largest absolute Gasteiger partial charge is 0.491 e. The Morgan fingerprint density at radius 3 is 2.62 bits per heavy atom. The van der Waals surface area contributed by atoms with Crippen molar-refractivity contribution in [2.45, 2.75) is 20.4 Å². The Bertz CT molecular complexity index is 661. The van der Waals surface area contributed by atoms with Crippen LogP contribution in [0.15, 0.2) is 41.2 Å². The molecule has 1 aromatic carbocycles. The van der Waals surface area contributed by atoms with Crippen molar-refractivity contribution in [3.8, 4) is 17.0 Å². The van der Waals surface area contributed by atoms with Crippen LogP contribution in [0.5, 0.6) is 5.75 Å². The zero-order valence-corrected chi connectivity index (χ0v) is 12.8. The third kappa shape index (κ3) is 3.52. The van der Waals surface area contributed by atoms with Crippen LogP contribution in [0.4, 0.5) is 0 Å². The monoisotopic (exact) mass is 287 g/mol. The molecule has 4 nitrogen and oxygen atoms in total. The summed E-state index contributed by atoms with van der Waals surface area (Å²) in [5, 5.41) is 0. The van der Waals surface area contributed by atoms with Gasteiger partial charge in [0, 0.05) is 25.3 Å². The van der Waals surface area contributed by atoms with E-state index in [-0.39, 0.29) is 5.56 Å². The minimum Gasteiger partial charge on any atom is -0.491 e. The van der Waals surface area contributed by atoms with Crippen molar-refractivity contribution in [1.29, 1.82) is 0 Å². The molecule has 2 rings (SSSR count). The number of rotatable bonds is 6. The lowest BCUT2D eigenvalue weighted by Gasteiger charge is -2.14. The lowest BCUT2D eigenvalue weighted by molar-refractivity contribution is 0.146. The quantitative estimate of drug-likeness (QED) is 0.767. The summed E-state index contributed by atoms with van der Waals surface area (Å²) in [6.45, 7) is 5.74. The Kier molecular flexibility index (Phi) is 5.17. The normalized spacial score (nSPS) is 10.6. The van der Waals surface area contributed by atoms with Crippen LogP contribution in [0.25, 0.3) is 11.3 Å². The molecule has 0 radical (unpaired) electrons. The van der Waals surface area contributed by atoms with E-state index >= 15 is 0 Å². The second kappa shape index (κ2) is 7.09. The summed E-state index contributed by atoms with van der Waals surface area (Å²) in [6, 6.07) is 11.3. The summed E-state index contributed by atoms with van der Waals surface area (Å²) in [5.41, 5.74) is 3.09. The van der Waals surface area contributed by atoms with Crippen LogP contribution in [-0.4, -0.2) is 24.9 Å². The van der Waals surface area contributed by atoms with E-state index in [1.54, 1.807) is 23.8 Å². The third-order valence-electron chi connectivity index (χ3n) is 3.40. The van der Waals surface area contributed by atoms with Gasteiger partial charge in [-0.3, -0.25) is 4.79 Å². The Balaban J connectivity index is 2.33. The molecule has 21 heavy (non-hydrogen) atoms.